The molecule has 0 bridgehead atoms. The highest BCUT2D eigenvalue weighted by molar-refractivity contribution is 8.15. The lowest BCUT2D eigenvalue weighted by Gasteiger charge is -2.12. The number of allylic oxidation sites excluding steroid dienone is 1. The van der Waals surface area contributed by atoms with Gasteiger partial charge in [-0.3, -0.25) is 14.4 Å². The van der Waals surface area contributed by atoms with Gasteiger partial charge in [0.25, 0.3) is 5.91 Å². The van der Waals surface area contributed by atoms with E-state index in [-0.39, 0.29) is 23.3 Å². The average Bonchev–Trinajstić information content (AvgIpc) is 3.13. The SMILES string of the molecule is COc1cc(/C=C/C(=O)c2ccc(NC(=O)C[C@@H]3SC(N)=NC3=O)cc2)cc(OC)c1OC. The molecule has 0 radical (unpaired) electrons. The Morgan fingerprint density at radius 2 is 1.73 bits per heavy atom. The van der Waals surface area contributed by atoms with Crippen molar-refractivity contribution in [1.29, 1.82) is 0 Å². The standard InChI is InChI=1S/C23H23N3O6S/c1-30-17-10-13(11-18(31-2)21(17)32-3)4-9-16(27)14-5-7-15(8-6-14)25-20(28)12-19-22(29)26-23(24)33-19/h4-11,19H,12H2,1-3H3,(H,25,28)(H2,24,26,29)/b9-4+/t19-/m0/s1. The van der Waals surface area contributed by atoms with Crippen molar-refractivity contribution in [2.75, 3.05) is 26.6 Å². The number of ether oxygens (including phenoxy) is 3. The predicted octanol–water partition coefficient (Wildman–Crippen LogP) is 2.89. The van der Waals surface area contributed by atoms with Crippen molar-refractivity contribution in [2.24, 2.45) is 10.7 Å². The third kappa shape index (κ3) is 5.92. The molecule has 33 heavy (non-hydrogen) atoms. The van der Waals surface area contributed by atoms with Crippen LogP contribution in [0.5, 0.6) is 17.2 Å². The molecule has 172 valence electrons. The highest BCUT2D eigenvalue weighted by Crippen LogP contribution is 2.38. The van der Waals surface area contributed by atoms with Crippen molar-refractivity contribution in [3.8, 4) is 17.2 Å². The molecule has 1 heterocycles. The molecule has 0 fully saturated rings. The lowest BCUT2D eigenvalue weighted by Crippen LogP contribution is -2.21. The van der Waals surface area contributed by atoms with E-state index in [1.54, 1.807) is 42.5 Å². The van der Waals surface area contributed by atoms with Gasteiger partial charge in [-0.05, 0) is 48.0 Å². The monoisotopic (exact) mass is 469 g/mol. The van der Waals surface area contributed by atoms with Gasteiger partial charge < -0.3 is 25.3 Å². The van der Waals surface area contributed by atoms with E-state index < -0.39 is 11.2 Å². The average molecular weight is 470 g/mol. The third-order valence-electron chi connectivity index (χ3n) is 4.70. The Labute approximate surface area is 195 Å². The Kier molecular flexibility index (Phi) is 7.73. The van der Waals surface area contributed by atoms with Crippen LogP contribution < -0.4 is 25.3 Å². The van der Waals surface area contributed by atoms with Crippen molar-refractivity contribution >= 4 is 46.3 Å². The normalized spacial score (nSPS) is 15.3. The first kappa shape index (κ1) is 23.9. The van der Waals surface area contributed by atoms with Crippen LogP contribution in [0.2, 0.25) is 0 Å². The lowest BCUT2D eigenvalue weighted by molar-refractivity contribution is -0.121. The van der Waals surface area contributed by atoms with Gasteiger partial charge in [0.05, 0.1) is 21.3 Å². The number of carbonyl (C=O) groups is 3. The van der Waals surface area contributed by atoms with Crippen molar-refractivity contribution in [3.63, 3.8) is 0 Å². The Bertz CT molecular complexity index is 1100. The second-order valence-electron chi connectivity index (χ2n) is 6.88. The highest BCUT2D eigenvalue weighted by Gasteiger charge is 2.29. The summed E-state index contributed by atoms with van der Waals surface area (Å²) in [6.45, 7) is 0. The molecule has 1 atom stereocenters. The number of nitrogens with two attached hydrogens (primary N) is 1. The molecule has 3 rings (SSSR count). The molecule has 3 N–H and O–H groups in total. The second kappa shape index (κ2) is 10.7. The molecule has 0 aliphatic carbocycles. The van der Waals surface area contributed by atoms with Gasteiger partial charge in [0.1, 0.15) is 5.25 Å². The number of carbonyl (C=O) groups excluding carboxylic acids is 3. The van der Waals surface area contributed by atoms with E-state index in [4.69, 9.17) is 19.9 Å². The maximum absolute atomic E-state index is 12.6. The van der Waals surface area contributed by atoms with Crippen molar-refractivity contribution < 1.29 is 28.6 Å². The van der Waals surface area contributed by atoms with Crippen LogP contribution in [0.4, 0.5) is 5.69 Å². The summed E-state index contributed by atoms with van der Waals surface area (Å²) in [5.41, 5.74) is 7.15. The van der Waals surface area contributed by atoms with Gasteiger partial charge in [-0.25, -0.2) is 0 Å². The van der Waals surface area contributed by atoms with Crippen LogP contribution in [0.25, 0.3) is 6.08 Å². The van der Waals surface area contributed by atoms with Crippen LogP contribution in [0.3, 0.4) is 0 Å². The first-order valence-corrected chi connectivity index (χ1v) is 10.7. The van der Waals surface area contributed by atoms with Gasteiger partial charge in [0, 0.05) is 17.7 Å². The lowest BCUT2D eigenvalue weighted by atomic mass is 10.1. The van der Waals surface area contributed by atoms with E-state index in [0.29, 0.717) is 34.1 Å². The molecule has 0 saturated carbocycles. The summed E-state index contributed by atoms with van der Waals surface area (Å²) >= 11 is 1.07. The number of amides is 2. The Morgan fingerprint density at radius 1 is 1.09 bits per heavy atom. The number of ketones is 1. The van der Waals surface area contributed by atoms with Crippen LogP contribution in [-0.4, -0.2) is 49.3 Å². The minimum absolute atomic E-state index is 0.0358. The number of hydrogen-bond donors (Lipinski definition) is 2. The number of hydrogen-bond acceptors (Lipinski definition) is 8. The fraction of sp³-hybridized carbons (Fsp3) is 0.217. The first-order valence-electron chi connectivity index (χ1n) is 9.81. The summed E-state index contributed by atoms with van der Waals surface area (Å²) in [4.78, 5) is 40.0. The number of amidine groups is 1. The molecule has 1 aliphatic heterocycles. The first-order chi connectivity index (χ1) is 15.8. The van der Waals surface area contributed by atoms with Crippen molar-refractivity contribution in [1.82, 2.24) is 0 Å². The van der Waals surface area contributed by atoms with E-state index in [9.17, 15) is 14.4 Å². The molecule has 1 aliphatic rings. The summed E-state index contributed by atoms with van der Waals surface area (Å²) in [5.74, 6) is 0.460. The van der Waals surface area contributed by atoms with E-state index in [0.717, 1.165) is 11.8 Å². The molecule has 0 aromatic heterocycles. The molecule has 10 heteroatoms. The van der Waals surface area contributed by atoms with Crippen LogP contribution in [0.1, 0.15) is 22.3 Å². The summed E-state index contributed by atoms with van der Waals surface area (Å²) in [5, 5.41) is 2.26. The minimum Gasteiger partial charge on any atom is -0.493 e. The Balaban J connectivity index is 1.63. The number of benzene rings is 2. The zero-order chi connectivity index (χ0) is 24.0. The zero-order valence-electron chi connectivity index (χ0n) is 18.3. The number of nitrogens with one attached hydrogen (secondary N) is 1. The predicted molar refractivity (Wildman–Crippen MR) is 127 cm³/mol. The second-order valence-corrected chi connectivity index (χ2v) is 8.10. The fourth-order valence-corrected chi connectivity index (χ4v) is 3.92. The number of nitrogens with zero attached hydrogens (tertiary/aromatic N) is 1. The van der Waals surface area contributed by atoms with Crippen LogP contribution in [0, 0.1) is 0 Å². The fourth-order valence-electron chi connectivity index (χ4n) is 3.10. The number of anilines is 1. The van der Waals surface area contributed by atoms with Crippen molar-refractivity contribution in [2.45, 2.75) is 11.7 Å². The minimum atomic E-state index is -0.605. The maximum atomic E-state index is 12.6. The smallest absolute Gasteiger partial charge is 0.262 e. The Hall–Kier alpha value is -3.79. The van der Waals surface area contributed by atoms with Gasteiger partial charge >= 0.3 is 0 Å². The summed E-state index contributed by atoms with van der Waals surface area (Å²) < 4.78 is 15.9. The van der Waals surface area contributed by atoms with Gasteiger partial charge in [-0.1, -0.05) is 17.8 Å². The molecule has 0 saturated heterocycles. The van der Waals surface area contributed by atoms with Crippen LogP contribution in [0.15, 0.2) is 47.5 Å². The topological polar surface area (TPSA) is 129 Å². The summed E-state index contributed by atoms with van der Waals surface area (Å²) in [7, 11) is 4.55. The van der Waals surface area contributed by atoms with E-state index in [1.807, 2.05) is 0 Å². The van der Waals surface area contributed by atoms with Gasteiger partial charge in [0.15, 0.2) is 22.4 Å². The van der Waals surface area contributed by atoms with E-state index in [2.05, 4.69) is 10.3 Å². The van der Waals surface area contributed by atoms with Crippen LogP contribution in [-0.2, 0) is 9.59 Å². The van der Waals surface area contributed by atoms with Gasteiger partial charge in [-0.2, -0.15) is 4.99 Å². The van der Waals surface area contributed by atoms with Crippen LogP contribution >= 0.6 is 11.8 Å². The maximum Gasteiger partial charge on any atom is 0.262 e. The summed E-state index contributed by atoms with van der Waals surface area (Å²) in [6, 6.07) is 9.91. The number of rotatable bonds is 9. The number of methoxy groups -OCH3 is 3. The van der Waals surface area contributed by atoms with Gasteiger partial charge in [0.2, 0.25) is 11.7 Å². The third-order valence-corrected chi connectivity index (χ3v) is 5.68. The number of thioether (sulfide) groups is 1. The molecule has 0 spiro atoms. The molecule has 2 aromatic carbocycles. The van der Waals surface area contributed by atoms with Crippen molar-refractivity contribution in [3.05, 3.63) is 53.6 Å². The van der Waals surface area contributed by atoms with Gasteiger partial charge in [-0.15, -0.1) is 0 Å². The Morgan fingerprint density at radius 3 is 2.24 bits per heavy atom. The molecular weight excluding hydrogens is 446 g/mol. The molecule has 2 amide bonds. The summed E-state index contributed by atoms with van der Waals surface area (Å²) in [6.07, 6.45) is 3.04. The van der Waals surface area contributed by atoms with E-state index in [1.165, 1.54) is 27.4 Å². The molecule has 2 aromatic rings. The molecular formula is C23H23N3O6S. The highest BCUT2D eigenvalue weighted by atomic mass is 32.2. The number of aliphatic imine (C=N–C) groups is 1. The molecule has 0 unspecified atom stereocenters. The molecule has 9 nitrogen and oxygen atoms in total. The largest absolute Gasteiger partial charge is 0.493 e. The quantitative estimate of drug-likeness (QED) is 0.424. The van der Waals surface area contributed by atoms with E-state index >= 15 is 0 Å². The zero-order valence-corrected chi connectivity index (χ0v) is 19.1.